The fourth-order valence-electron chi connectivity index (χ4n) is 3.83. The summed E-state index contributed by atoms with van der Waals surface area (Å²) in [6.07, 6.45) is 5.35. The quantitative estimate of drug-likeness (QED) is 0.606. The van der Waals surface area contributed by atoms with Crippen molar-refractivity contribution in [3.63, 3.8) is 0 Å². The Hall–Kier alpha value is -3.41. The summed E-state index contributed by atoms with van der Waals surface area (Å²) in [4.78, 5) is 32.3. The summed E-state index contributed by atoms with van der Waals surface area (Å²) in [5, 5.41) is 2.91. The Bertz CT molecular complexity index is 1020. The van der Waals surface area contributed by atoms with Gasteiger partial charge in [0, 0.05) is 12.1 Å². The molecule has 2 aliphatic rings. The molecule has 2 aromatic carbocycles. The van der Waals surface area contributed by atoms with E-state index in [1.54, 1.807) is 0 Å². The summed E-state index contributed by atoms with van der Waals surface area (Å²) in [5.74, 6) is -0.188. The molecule has 2 saturated carbocycles. The molecular weight excluding hydrogens is 390 g/mol. The van der Waals surface area contributed by atoms with Gasteiger partial charge in [-0.05, 0) is 36.8 Å². The highest BCUT2D eigenvalue weighted by Gasteiger charge is 2.38. The second-order valence-electron chi connectivity index (χ2n) is 8.33. The van der Waals surface area contributed by atoms with Crippen LogP contribution in [0.3, 0.4) is 0 Å². The van der Waals surface area contributed by atoms with Crippen LogP contribution in [0.4, 0.5) is 0 Å². The fourth-order valence-corrected chi connectivity index (χ4v) is 3.83. The van der Waals surface area contributed by atoms with Crippen molar-refractivity contribution in [2.45, 2.75) is 50.2 Å². The monoisotopic (exact) mass is 415 g/mol. The van der Waals surface area contributed by atoms with Gasteiger partial charge in [0.05, 0.1) is 12.5 Å². The van der Waals surface area contributed by atoms with Crippen molar-refractivity contribution < 1.29 is 14.0 Å². The average Bonchev–Trinajstić information content (AvgIpc) is 3.74. The first kappa shape index (κ1) is 19.5. The lowest BCUT2D eigenvalue weighted by atomic mass is 9.90. The molecule has 158 valence electrons. The van der Waals surface area contributed by atoms with Crippen LogP contribution >= 0.6 is 0 Å². The normalized spacial score (nSPS) is 15.6. The first-order valence-electron chi connectivity index (χ1n) is 10.8. The van der Waals surface area contributed by atoms with Crippen LogP contribution in [0.1, 0.15) is 59.1 Å². The largest absolute Gasteiger partial charge is 0.446 e. The maximum absolute atomic E-state index is 13.8. The van der Waals surface area contributed by atoms with Crippen LogP contribution in [-0.4, -0.2) is 33.8 Å². The third kappa shape index (κ3) is 4.53. The van der Waals surface area contributed by atoms with Gasteiger partial charge in [-0.1, -0.05) is 60.7 Å². The minimum Gasteiger partial charge on any atom is -0.446 e. The molecule has 2 fully saturated rings. The topological polar surface area (TPSA) is 75.4 Å². The van der Waals surface area contributed by atoms with Gasteiger partial charge >= 0.3 is 0 Å². The lowest BCUT2D eigenvalue weighted by Gasteiger charge is -2.27. The number of carbonyl (C=O) groups excluding carboxylic acids is 2. The van der Waals surface area contributed by atoms with Gasteiger partial charge in [0.2, 0.25) is 11.8 Å². The lowest BCUT2D eigenvalue weighted by Crippen LogP contribution is -2.37. The summed E-state index contributed by atoms with van der Waals surface area (Å²) in [6.45, 7) is 0.260. The SMILES string of the molecule is O=C(NC1CC1)c1coc(CN(C(=O)C(c2ccccc2)c2ccccc2)C2CC2)n1. The van der Waals surface area contributed by atoms with Crippen molar-refractivity contribution in [1.82, 2.24) is 15.2 Å². The number of nitrogens with zero attached hydrogens (tertiary/aromatic N) is 2. The van der Waals surface area contributed by atoms with E-state index in [0.717, 1.165) is 36.8 Å². The van der Waals surface area contributed by atoms with Gasteiger partial charge in [-0.3, -0.25) is 9.59 Å². The molecule has 2 aliphatic carbocycles. The molecule has 0 radical (unpaired) electrons. The molecule has 0 saturated heterocycles. The summed E-state index contributed by atoms with van der Waals surface area (Å²) in [5.41, 5.74) is 2.19. The highest BCUT2D eigenvalue weighted by molar-refractivity contribution is 5.92. The van der Waals surface area contributed by atoms with E-state index < -0.39 is 5.92 Å². The number of hydrogen-bond acceptors (Lipinski definition) is 4. The van der Waals surface area contributed by atoms with Crippen LogP contribution in [0.5, 0.6) is 0 Å². The highest BCUT2D eigenvalue weighted by Crippen LogP contribution is 2.34. The first-order valence-corrected chi connectivity index (χ1v) is 10.8. The number of rotatable bonds is 8. The first-order chi connectivity index (χ1) is 15.2. The molecule has 3 aromatic rings. The van der Waals surface area contributed by atoms with Gasteiger partial charge in [0.25, 0.3) is 5.91 Å². The number of carbonyl (C=O) groups is 2. The molecule has 1 N–H and O–H groups in total. The number of aromatic nitrogens is 1. The van der Waals surface area contributed by atoms with Gasteiger partial charge in [-0.2, -0.15) is 0 Å². The van der Waals surface area contributed by atoms with Gasteiger partial charge in [0.1, 0.15) is 6.26 Å². The molecule has 0 aliphatic heterocycles. The van der Waals surface area contributed by atoms with Crippen molar-refractivity contribution in [3.8, 4) is 0 Å². The van der Waals surface area contributed by atoms with E-state index in [1.165, 1.54) is 6.26 Å². The molecule has 0 atom stereocenters. The second kappa shape index (κ2) is 8.38. The van der Waals surface area contributed by atoms with Crippen molar-refractivity contribution >= 4 is 11.8 Å². The molecule has 0 bridgehead atoms. The smallest absolute Gasteiger partial charge is 0.273 e. The molecule has 6 heteroatoms. The van der Waals surface area contributed by atoms with Crippen molar-refractivity contribution in [3.05, 3.63) is 89.6 Å². The average molecular weight is 415 g/mol. The number of nitrogens with one attached hydrogen (secondary N) is 1. The summed E-state index contributed by atoms with van der Waals surface area (Å²) >= 11 is 0. The molecule has 5 rings (SSSR count). The third-order valence-corrected chi connectivity index (χ3v) is 5.79. The maximum Gasteiger partial charge on any atom is 0.273 e. The molecule has 0 unspecified atom stereocenters. The highest BCUT2D eigenvalue weighted by atomic mass is 16.3. The molecule has 31 heavy (non-hydrogen) atoms. The van der Waals surface area contributed by atoms with Crippen LogP contribution in [0.15, 0.2) is 71.3 Å². The zero-order valence-corrected chi connectivity index (χ0v) is 17.2. The van der Waals surface area contributed by atoms with Crippen molar-refractivity contribution in [1.29, 1.82) is 0 Å². The van der Waals surface area contributed by atoms with E-state index in [0.29, 0.717) is 5.89 Å². The molecular formula is C25H25N3O3. The third-order valence-electron chi connectivity index (χ3n) is 5.79. The van der Waals surface area contributed by atoms with Gasteiger partial charge in [-0.15, -0.1) is 0 Å². The van der Waals surface area contributed by atoms with E-state index in [4.69, 9.17) is 4.42 Å². The van der Waals surface area contributed by atoms with E-state index in [1.807, 2.05) is 65.6 Å². The summed E-state index contributed by atoms with van der Waals surface area (Å²) < 4.78 is 5.57. The second-order valence-corrected chi connectivity index (χ2v) is 8.33. The Morgan fingerprint density at radius 3 is 2.13 bits per heavy atom. The molecule has 6 nitrogen and oxygen atoms in total. The standard InChI is InChI=1S/C25H25N3O3/c29-24(26-19-11-12-19)21-16-31-22(27-21)15-28(20-13-14-20)25(30)23(17-7-3-1-4-8-17)18-9-5-2-6-10-18/h1-10,16,19-20,23H,11-15H2,(H,26,29). The Kier molecular flexibility index (Phi) is 5.28. The zero-order chi connectivity index (χ0) is 21.2. The van der Waals surface area contributed by atoms with Gasteiger partial charge in [0.15, 0.2) is 5.69 Å². The van der Waals surface area contributed by atoms with E-state index in [9.17, 15) is 9.59 Å². The van der Waals surface area contributed by atoms with Gasteiger partial charge < -0.3 is 14.6 Å². The predicted octanol–water partition coefficient (Wildman–Crippen LogP) is 3.89. The van der Waals surface area contributed by atoms with E-state index >= 15 is 0 Å². The Labute approximate surface area is 181 Å². The number of hydrogen-bond donors (Lipinski definition) is 1. The lowest BCUT2D eigenvalue weighted by molar-refractivity contribution is -0.133. The number of oxazole rings is 1. The zero-order valence-electron chi connectivity index (χ0n) is 17.2. The Morgan fingerprint density at radius 2 is 1.58 bits per heavy atom. The minimum absolute atomic E-state index is 0.0297. The summed E-state index contributed by atoms with van der Waals surface area (Å²) in [7, 11) is 0. The molecule has 1 heterocycles. The van der Waals surface area contributed by atoms with Crippen LogP contribution in [0.25, 0.3) is 0 Å². The van der Waals surface area contributed by atoms with Gasteiger partial charge in [-0.25, -0.2) is 4.98 Å². The Morgan fingerprint density at radius 1 is 0.968 bits per heavy atom. The van der Waals surface area contributed by atoms with E-state index in [-0.39, 0.29) is 36.1 Å². The minimum atomic E-state index is -0.393. The van der Waals surface area contributed by atoms with E-state index in [2.05, 4.69) is 10.3 Å². The number of benzene rings is 2. The molecule has 1 aromatic heterocycles. The van der Waals surface area contributed by atoms with Crippen LogP contribution in [0, 0.1) is 0 Å². The fraction of sp³-hybridized carbons (Fsp3) is 0.320. The number of amides is 2. The maximum atomic E-state index is 13.8. The molecule has 2 amide bonds. The van der Waals surface area contributed by atoms with Crippen LogP contribution < -0.4 is 5.32 Å². The summed E-state index contributed by atoms with van der Waals surface area (Å²) in [6, 6.07) is 20.1. The van der Waals surface area contributed by atoms with Crippen molar-refractivity contribution in [2.75, 3.05) is 0 Å². The predicted molar refractivity (Wildman–Crippen MR) is 115 cm³/mol. The molecule has 0 spiro atoms. The van der Waals surface area contributed by atoms with Crippen LogP contribution in [0.2, 0.25) is 0 Å². The van der Waals surface area contributed by atoms with Crippen LogP contribution in [-0.2, 0) is 11.3 Å². The Balaban J connectivity index is 1.39. The van der Waals surface area contributed by atoms with Crippen molar-refractivity contribution in [2.24, 2.45) is 0 Å².